The summed E-state index contributed by atoms with van der Waals surface area (Å²) in [7, 11) is 0. The molecule has 0 aromatic carbocycles. The number of hydrogen-bond acceptors (Lipinski definition) is 2. The Morgan fingerprint density at radius 3 is 2.36 bits per heavy atom. The Morgan fingerprint density at radius 1 is 1.45 bits per heavy atom. The SMILES string of the molecule is CC(O)CN1CCC1C(C)C. The molecule has 1 aliphatic rings. The lowest BCUT2D eigenvalue weighted by Crippen LogP contribution is -2.52. The molecule has 2 nitrogen and oxygen atoms in total. The molecule has 66 valence electrons. The summed E-state index contributed by atoms with van der Waals surface area (Å²) in [6.45, 7) is 8.38. The van der Waals surface area contributed by atoms with Gasteiger partial charge in [0.2, 0.25) is 0 Å². The van der Waals surface area contributed by atoms with Gasteiger partial charge in [-0.1, -0.05) is 13.8 Å². The number of likely N-dealkylation sites (tertiary alicyclic amines) is 1. The molecule has 1 aliphatic heterocycles. The first-order valence-electron chi connectivity index (χ1n) is 4.53. The van der Waals surface area contributed by atoms with Crippen molar-refractivity contribution in [3.05, 3.63) is 0 Å². The molecule has 0 spiro atoms. The number of nitrogens with zero attached hydrogens (tertiary/aromatic N) is 1. The highest BCUT2D eigenvalue weighted by atomic mass is 16.3. The predicted molar refractivity (Wildman–Crippen MR) is 46.5 cm³/mol. The summed E-state index contributed by atoms with van der Waals surface area (Å²) in [5.74, 6) is 0.738. The van der Waals surface area contributed by atoms with E-state index in [2.05, 4.69) is 18.7 Å². The van der Waals surface area contributed by atoms with Gasteiger partial charge in [0, 0.05) is 19.1 Å². The van der Waals surface area contributed by atoms with Crippen LogP contribution in [0.4, 0.5) is 0 Å². The summed E-state index contributed by atoms with van der Waals surface area (Å²) in [6.07, 6.45) is 1.14. The van der Waals surface area contributed by atoms with Crippen LogP contribution in [0.3, 0.4) is 0 Å². The van der Waals surface area contributed by atoms with E-state index in [-0.39, 0.29) is 6.10 Å². The molecule has 0 radical (unpaired) electrons. The zero-order chi connectivity index (χ0) is 8.43. The lowest BCUT2D eigenvalue weighted by Gasteiger charge is -2.44. The normalized spacial score (nSPS) is 28.6. The van der Waals surface area contributed by atoms with Gasteiger partial charge in [0.05, 0.1) is 6.10 Å². The molecule has 1 heterocycles. The molecule has 0 aromatic heterocycles. The minimum absolute atomic E-state index is 0.170. The van der Waals surface area contributed by atoms with Crippen LogP contribution in [-0.4, -0.2) is 35.2 Å². The second-order valence-electron chi connectivity index (χ2n) is 3.94. The van der Waals surface area contributed by atoms with Crippen LogP contribution in [0.15, 0.2) is 0 Å². The van der Waals surface area contributed by atoms with E-state index in [1.807, 2.05) is 6.92 Å². The lowest BCUT2D eigenvalue weighted by molar-refractivity contribution is 0.0158. The molecule has 2 heteroatoms. The van der Waals surface area contributed by atoms with Crippen molar-refractivity contribution in [2.24, 2.45) is 5.92 Å². The molecule has 11 heavy (non-hydrogen) atoms. The van der Waals surface area contributed by atoms with E-state index in [0.29, 0.717) is 0 Å². The van der Waals surface area contributed by atoms with Crippen molar-refractivity contribution in [3.63, 3.8) is 0 Å². The van der Waals surface area contributed by atoms with Crippen LogP contribution >= 0.6 is 0 Å². The molecule has 0 amide bonds. The largest absolute Gasteiger partial charge is 0.392 e. The average molecular weight is 157 g/mol. The minimum Gasteiger partial charge on any atom is -0.392 e. The molecule has 0 saturated carbocycles. The third-order valence-corrected chi connectivity index (χ3v) is 2.45. The van der Waals surface area contributed by atoms with Gasteiger partial charge >= 0.3 is 0 Å². The summed E-state index contributed by atoms with van der Waals surface area (Å²) in [4.78, 5) is 2.37. The number of β-amino-alcohol motifs (C(OH)–C–C–N with tert-alkyl or cyclic N) is 1. The fourth-order valence-corrected chi connectivity index (χ4v) is 1.78. The Morgan fingerprint density at radius 2 is 2.09 bits per heavy atom. The number of rotatable bonds is 3. The Balaban J connectivity index is 2.26. The van der Waals surface area contributed by atoms with Crippen LogP contribution in [-0.2, 0) is 0 Å². The quantitative estimate of drug-likeness (QED) is 0.663. The zero-order valence-corrected chi connectivity index (χ0v) is 7.75. The van der Waals surface area contributed by atoms with Crippen LogP contribution in [0.25, 0.3) is 0 Å². The van der Waals surface area contributed by atoms with E-state index in [4.69, 9.17) is 5.11 Å². The van der Waals surface area contributed by atoms with Crippen molar-refractivity contribution >= 4 is 0 Å². The Bertz CT molecular complexity index is 123. The molecule has 0 aromatic rings. The van der Waals surface area contributed by atoms with Crippen LogP contribution in [0.2, 0.25) is 0 Å². The molecule has 2 atom stereocenters. The highest BCUT2D eigenvalue weighted by molar-refractivity contribution is 4.85. The van der Waals surface area contributed by atoms with Gasteiger partial charge in [0.25, 0.3) is 0 Å². The average Bonchev–Trinajstić information content (AvgIpc) is 1.78. The Kier molecular flexibility index (Phi) is 2.90. The van der Waals surface area contributed by atoms with E-state index in [9.17, 15) is 0 Å². The van der Waals surface area contributed by atoms with Crippen LogP contribution in [0.1, 0.15) is 27.2 Å². The molecule has 1 N–H and O–H groups in total. The van der Waals surface area contributed by atoms with Crippen molar-refractivity contribution in [2.75, 3.05) is 13.1 Å². The molecule has 0 bridgehead atoms. The first-order chi connectivity index (χ1) is 5.11. The predicted octanol–water partition coefficient (Wildman–Crippen LogP) is 1.10. The third kappa shape index (κ3) is 2.17. The molecular formula is C9H19NO. The number of aliphatic hydroxyl groups is 1. The first kappa shape index (κ1) is 9.01. The summed E-state index contributed by atoms with van der Waals surface area (Å²) in [6, 6.07) is 0.726. The second kappa shape index (κ2) is 3.55. The van der Waals surface area contributed by atoms with Crippen molar-refractivity contribution < 1.29 is 5.11 Å². The van der Waals surface area contributed by atoms with Gasteiger partial charge in [-0.05, 0) is 19.3 Å². The summed E-state index contributed by atoms with van der Waals surface area (Å²) < 4.78 is 0. The second-order valence-corrected chi connectivity index (χ2v) is 3.94. The topological polar surface area (TPSA) is 23.5 Å². The van der Waals surface area contributed by atoms with Crippen molar-refractivity contribution in [2.45, 2.75) is 39.3 Å². The Hall–Kier alpha value is -0.0800. The minimum atomic E-state index is -0.170. The van der Waals surface area contributed by atoms with Gasteiger partial charge in [0.1, 0.15) is 0 Å². The van der Waals surface area contributed by atoms with Crippen molar-refractivity contribution in [3.8, 4) is 0 Å². The fourth-order valence-electron chi connectivity index (χ4n) is 1.78. The van der Waals surface area contributed by atoms with Crippen molar-refractivity contribution in [1.29, 1.82) is 0 Å². The van der Waals surface area contributed by atoms with Gasteiger partial charge in [-0.3, -0.25) is 4.90 Å². The zero-order valence-electron chi connectivity index (χ0n) is 7.75. The monoisotopic (exact) mass is 157 g/mol. The number of aliphatic hydroxyl groups excluding tert-OH is 1. The summed E-state index contributed by atoms with van der Waals surface area (Å²) >= 11 is 0. The van der Waals surface area contributed by atoms with E-state index in [1.54, 1.807) is 0 Å². The van der Waals surface area contributed by atoms with Gasteiger partial charge in [-0.2, -0.15) is 0 Å². The van der Waals surface area contributed by atoms with Gasteiger partial charge in [0.15, 0.2) is 0 Å². The van der Waals surface area contributed by atoms with Crippen LogP contribution < -0.4 is 0 Å². The first-order valence-corrected chi connectivity index (χ1v) is 4.53. The van der Waals surface area contributed by atoms with Gasteiger partial charge < -0.3 is 5.11 Å². The van der Waals surface area contributed by atoms with Crippen molar-refractivity contribution in [1.82, 2.24) is 4.90 Å². The van der Waals surface area contributed by atoms with Gasteiger partial charge in [-0.25, -0.2) is 0 Å². The lowest BCUT2D eigenvalue weighted by atomic mass is 9.92. The number of hydrogen-bond donors (Lipinski definition) is 1. The van der Waals surface area contributed by atoms with E-state index < -0.39 is 0 Å². The molecular weight excluding hydrogens is 138 g/mol. The highest BCUT2D eigenvalue weighted by Crippen LogP contribution is 2.23. The molecule has 0 aliphatic carbocycles. The van der Waals surface area contributed by atoms with Gasteiger partial charge in [-0.15, -0.1) is 0 Å². The Labute approximate surface area is 69.2 Å². The standard InChI is InChI=1S/C9H19NO/c1-7(2)9-4-5-10(9)6-8(3)11/h7-9,11H,4-6H2,1-3H3. The van der Waals surface area contributed by atoms with Crippen LogP contribution in [0.5, 0.6) is 0 Å². The maximum atomic E-state index is 9.15. The van der Waals surface area contributed by atoms with Crippen LogP contribution in [0, 0.1) is 5.92 Å². The highest BCUT2D eigenvalue weighted by Gasteiger charge is 2.30. The smallest absolute Gasteiger partial charge is 0.0639 e. The molecule has 2 unspecified atom stereocenters. The summed E-state index contributed by atoms with van der Waals surface area (Å²) in [5, 5.41) is 9.15. The third-order valence-electron chi connectivity index (χ3n) is 2.45. The van der Waals surface area contributed by atoms with E-state index >= 15 is 0 Å². The maximum absolute atomic E-state index is 9.15. The molecule has 1 fully saturated rings. The van der Waals surface area contributed by atoms with E-state index in [0.717, 1.165) is 18.5 Å². The molecule has 1 saturated heterocycles. The molecule has 1 rings (SSSR count). The maximum Gasteiger partial charge on any atom is 0.0639 e. The summed E-state index contributed by atoms with van der Waals surface area (Å²) in [5.41, 5.74) is 0. The van der Waals surface area contributed by atoms with E-state index in [1.165, 1.54) is 13.0 Å². The fraction of sp³-hybridized carbons (Fsp3) is 1.00.